The van der Waals surface area contributed by atoms with Crippen LogP contribution in [0.2, 0.25) is 0 Å². The first kappa shape index (κ1) is 24.6. The first-order valence-electron chi connectivity index (χ1n) is 12.0. The summed E-state index contributed by atoms with van der Waals surface area (Å²) in [7, 11) is 1.22. The van der Waals surface area contributed by atoms with Gasteiger partial charge in [0, 0.05) is 28.6 Å². The number of carbonyl (C=O) groups is 3. The number of dihydropyridines is 1. The molecule has 3 aliphatic rings. The molecule has 2 aliphatic carbocycles. The summed E-state index contributed by atoms with van der Waals surface area (Å²) in [4.78, 5) is 51.2. The Balaban J connectivity index is 1.85. The molecule has 1 N–H and O–H groups in total. The number of nitro groups is 1. The normalized spacial score (nSPS) is 25.0. The van der Waals surface area contributed by atoms with Gasteiger partial charge in [-0.25, -0.2) is 4.79 Å². The van der Waals surface area contributed by atoms with Crippen molar-refractivity contribution in [1.29, 1.82) is 0 Å². The molecule has 0 amide bonds. The topological polar surface area (TPSA) is 125 Å². The number of hydrogen-bond donors (Lipinski definition) is 1. The number of para-hydroxylation sites is 1. The maximum Gasteiger partial charge on any atom is 0.337 e. The van der Waals surface area contributed by atoms with E-state index in [2.05, 4.69) is 5.32 Å². The van der Waals surface area contributed by atoms with Gasteiger partial charge in [-0.15, -0.1) is 0 Å². The van der Waals surface area contributed by atoms with Gasteiger partial charge < -0.3 is 14.8 Å². The zero-order chi connectivity index (χ0) is 25.3. The van der Waals surface area contributed by atoms with Gasteiger partial charge in [0.05, 0.1) is 23.5 Å². The van der Waals surface area contributed by atoms with E-state index in [9.17, 15) is 24.5 Å². The van der Waals surface area contributed by atoms with Gasteiger partial charge in [-0.2, -0.15) is 0 Å². The highest BCUT2D eigenvalue weighted by atomic mass is 16.6. The molecule has 4 rings (SSSR count). The second kappa shape index (κ2) is 10.0. The fourth-order valence-electron chi connectivity index (χ4n) is 5.56. The summed E-state index contributed by atoms with van der Waals surface area (Å²) in [6, 6.07) is 6.08. The number of allylic oxidation sites excluding steroid dienone is 3. The van der Waals surface area contributed by atoms with E-state index in [4.69, 9.17) is 9.47 Å². The van der Waals surface area contributed by atoms with E-state index < -0.39 is 34.5 Å². The molecule has 9 heteroatoms. The summed E-state index contributed by atoms with van der Waals surface area (Å²) < 4.78 is 10.7. The molecular formula is C26H30N2O7. The van der Waals surface area contributed by atoms with Crippen LogP contribution in [0.1, 0.15) is 63.9 Å². The maximum absolute atomic E-state index is 13.8. The molecule has 0 saturated heterocycles. The fourth-order valence-corrected chi connectivity index (χ4v) is 5.56. The molecule has 186 valence electrons. The van der Waals surface area contributed by atoms with Crippen molar-refractivity contribution < 1.29 is 28.8 Å². The average molecular weight is 483 g/mol. The summed E-state index contributed by atoms with van der Waals surface area (Å²) in [6.07, 6.45) is 4.67. The Kier molecular flexibility index (Phi) is 7.05. The van der Waals surface area contributed by atoms with Gasteiger partial charge >= 0.3 is 11.9 Å². The molecule has 1 saturated carbocycles. The second-order valence-corrected chi connectivity index (χ2v) is 9.52. The number of carbonyl (C=O) groups excluding carboxylic acids is 3. The lowest BCUT2D eigenvalue weighted by molar-refractivity contribution is -0.385. The van der Waals surface area contributed by atoms with Crippen molar-refractivity contribution in [3.63, 3.8) is 0 Å². The zero-order valence-electron chi connectivity index (χ0n) is 20.2. The Labute approximate surface area is 203 Å². The lowest BCUT2D eigenvalue weighted by Gasteiger charge is -2.38. The van der Waals surface area contributed by atoms with Crippen LogP contribution in [0.25, 0.3) is 0 Å². The number of nitrogens with zero attached hydrogens (tertiary/aromatic N) is 1. The summed E-state index contributed by atoms with van der Waals surface area (Å²) in [5.74, 6) is -4.17. The lowest BCUT2D eigenvalue weighted by Crippen LogP contribution is -2.43. The van der Waals surface area contributed by atoms with Gasteiger partial charge in [0.25, 0.3) is 5.69 Å². The first-order valence-corrected chi connectivity index (χ1v) is 12.0. The molecule has 0 unspecified atom stereocenters. The van der Waals surface area contributed by atoms with Crippen molar-refractivity contribution in [3.8, 4) is 0 Å². The van der Waals surface area contributed by atoms with E-state index in [0.29, 0.717) is 17.8 Å². The largest absolute Gasteiger partial charge is 0.468 e. The molecule has 1 aromatic carbocycles. The third kappa shape index (κ3) is 4.59. The van der Waals surface area contributed by atoms with Crippen LogP contribution in [0.5, 0.6) is 0 Å². The minimum atomic E-state index is -1.06. The summed E-state index contributed by atoms with van der Waals surface area (Å²) in [5, 5.41) is 15.1. The predicted molar refractivity (Wildman–Crippen MR) is 126 cm³/mol. The first-order chi connectivity index (χ1) is 16.7. The molecule has 0 radical (unpaired) electrons. The zero-order valence-corrected chi connectivity index (χ0v) is 20.2. The van der Waals surface area contributed by atoms with E-state index in [0.717, 1.165) is 32.1 Å². The molecule has 0 spiro atoms. The summed E-state index contributed by atoms with van der Waals surface area (Å²) >= 11 is 0. The van der Waals surface area contributed by atoms with E-state index >= 15 is 0 Å². The number of Topliss-reactive ketones (excluding diaryl/α,β-unsaturated/α-hetero) is 1. The highest BCUT2D eigenvalue weighted by molar-refractivity contribution is 6.12. The highest BCUT2D eigenvalue weighted by Gasteiger charge is 2.48. The number of nitrogens with one attached hydrogen (secondary N) is 1. The monoisotopic (exact) mass is 482 g/mol. The van der Waals surface area contributed by atoms with Crippen LogP contribution in [0, 0.1) is 22.0 Å². The average Bonchev–Trinajstić information content (AvgIpc) is 2.83. The highest BCUT2D eigenvalue weighted by Crippen LogP contribution is 2.47. The summed E-state index contributed by atoms with van der Waals surface area (Å²) in [6.45, 7) is 3.50. The van der Waals surface area contributed by atoms with Crippen LogP contribution in [-0.4, -0.2) is 35.9 Å². The Hall–Kier alpha value is -3.49. The van der Waals surface area contributed by atoms with E-state index in [1.54, 1.807) is 26.0 Å². The number of rotatable bonds is 5. The number of ketones is 1. The van der Waals surface area contributed by atoms with E-state index in [1.165, 1.54) is 19.2 Å². The Morgan fingerprint density at radius 3 is 2.49 bits per heavy atom. The van der Waals surface area contributed by atoms with Gasteiger partial charge in [0.2, 0.25) is 0 Å². The standard InChI is InChI=1S/C26H30N2O7/c1-14-13-18-23(24(29)20(14)25(30)34-3)22(17-11-7-8-12-19(17)28(32)33)21(15(2)27-18)26(31)35-16-9-5-4-6-10-16/h7-8,11-12,14,16,20,22,27H,4-6,9-10,13H2,1-3H3/t14-,20-,22+/m1/s1. The summed E-state index contributed by atoms with van der Waals surface area (Å²) in [5.41, 5.74) is 1.42. The predicted octanol–water partition coefficient (Wildman–Crippen LogP) is 4.08. The molecule has 1 aliphatic heterocycles. The third-order valence-corrected chi connectivity index (χ3v) is 7.23. The third-order valence-electron chi connectivity index (χ3n) is 7.23. The van der Waals surface area contributed by atoms with E-state index in [-0.39, 0.29) is 34.4 Å². The minimum Gasteiger partial charge on any atom is -0.468 e. The second-order valence-electron chi connectivity index (χ2n) is 9.52. The van der Waals surface area contributed by atoms with Crippen LogP contribution in [-0.2, 0) is 23.9 Å². The van der Waals surface area contributed by atoms with Gasteiger partial charge in [0.1, 0.15) is 12.0 Å². The van der Waals surface area contributed by atoms with Gasteiger partial charge in [-0.1, -0.05) is 31.5 Å². The van der Waals surface area contributed by atoms with Crippen LogP contribution in [0.15, 0.2) is 46.8 Å². The van der Waals surface area contributed by atoms with Crippen molar-refractivity contribution >= 4 is 23.4 Å². The van der Waals surface area contributed by atoms with Crippen molar-refractivity contribution in [2.45, 2.75) is 64.4 Å². The molecule has 1 fully saturated rings. The number of ether oxygens (including phenoxy) is 2. The van der Waals surface area contributed by atoms with Gasteiger partial charge in [-0.05, 0) is 44.9 Å². The number of nitro benzene ring substituents is 1. The SMILES string of the molecule is COC(=O)[C@H]1C(=O)C2=C(C[C@H]1C)NC(C)=C(C(=O)OC1CCCCC1)[C@@H]2c1ccccc1[N+](=O)[O-]. The molecule has 0 bridgehead atoms. The Morgan fingerprint density at radius 2 is 1.83 bits per heavy atom. The van der Waals surface area contributed by atoms with Crippen molar-refractivity contribution in [3.05, 3.63) is 62.5 Å². The van der Waals surface area contributed by atoms with Crippen molar-refractivity contribution in [2.75, 3.05) is 7.11 Å². The molecule has 0 aromatic heterocycles. The smallest absolute Gasteiger partial charge is 0.337 e. The number of esters is 2. The molecule has 35 heavy (non-hydrogen) atoms. The van der Waals surface area contributed by atoms with Crippen molar-refractivity contribution in [1.82, 2.24) is 5.32 Å². The van der Waals surface area contributed by atoms with Crippen LogP contribution in [0.3, 0.4) is 0 Å². The molecule has 1 heterocycles. The molecular weight excluding hydrogens is 452 g/mol. The van der Waals surface area contributed by atoms with Crippen LogP contribution < -0.4 is 5.32 Å². The van der Waals surface area contributed by atoms with Gasteiger partial charge in [-0.3, -0.25) is 19.7 Å². The molecule has 3 atom stereocenters. The number of methoxy groups -OCH3 is 1. The lowest BCUT2D eigenvalue weighted by atomic mass is 9.69. The number of benzene rings is 1. The quantitative estimate of drug-likeness (QED) is 0.288. The Bertz CT molecular complexity index is 1130. The Morgan fingerprint density at radius 1 is 1.14 bits per heavy atom. The van der Waals surface area contributed by atoms with Crippen LogP contribution in [0.4, 0.5) is 5.69 Å². The van der Waals surface area contributed by atoms with Crippen LogP contribution >= 0.6 is 0 Å². The van der Waals surface area contributed by atoms with Crippen molar-refractivity contribution in [2.24, 2.45) is 11.8 Å². The van der Waals surface area contributed by atoms with Gasteiger partial charge in [0.15, 0.2) is 5.78 Å². The number of hydrogen-bond acceptors (Lipinski definition) is 8. The maximum atomic E-state index is 13.8. The molecule has 1 aromatic rings. The van der Waals surface area contributed by atoms with E-state index in [1.807, 2.05) is 0 Å². The minimum absolute atomic E-state index is 0.162. The fraction of sp³-hybridized carbons (Fsp3) is 0.500. The molecule has 9 nitrogen and oxygen atoms in total.